The maximum atomic E-state index is 13.3. The number of phenolic OH excluding ortho intramolecular Hbond substituents is 1. The zero-order chi connectivity index (χ0) is 28.6. The van der Waals surface area contributed by atoms with Gasteiger partial charge in [0.25, 0.3) is 0 Å². The molecule has 0 saturated heterocycles. The average molecular weight is 539 g/mol. The second kappa shape index (κ2) is 17.6. The van der Waals surface area contributed by atoms with E-state index in [4.69, 9.17) is 0 Å². The van der Waals surface area contributed by atoms with Crippen molar-refractivity contribution in [3.63, 3.8) is 0 Å². The van der Waals surface area contributed by atoms with Gasteiger partial charge in [0.1, 0.15) is 11.8 Å². The van der Waals surface area contributed by atoms with Gasteiger partial charge in [0, 0.05) is 19.1 Å². The third-order valence-corrected chi connectivity index (χ3v) is 7.03. The Morgan fingerprint density at radius 1 is 0.897 bits per heavy atom. The van der Waals surface area contributed by atoms with E-state index in [1.54, 1.807) is 12.1 Å². The number of hydrogen-bond donors (Lipinski definition) is 5. The summed E-state index contributed by atoms with van der Waals surface area (Å²) in [4.78, 5) is 26.3. The second-order valence-corrected chi connectivity index (χ2v) is 10.8. The Hall–Kier alpha value is -2.90. The van der Waals surface area contributed by atoms with Gasteiger partial charge in [-0.3, -0.25) is 9.59 Å². The van der Waals surface area contributed by atoms with Crippen LogP contribution >= 0.6 is 0 Å². The molecule has 0 heterocycles. The van der Waals surface area contributed by atoms with E-state index in [1.807, 2.05) is 45.0 Å². The van der Waals surface area contributed by atoms with E-state index < -0.39 is 12.1 Å². The summed E-state index contributed by atoms with van der Waals surface area (Å²) in [5.74, 6) is 0.0538. The predicted molar refractivity (Wildman–Crippen MR) is 160 cm³/mol. The van der Waals surface area contributed by atoms with Crippen molar-refractivity contribution in [2.24, 2.45) is 5.92 Å². The van der Waals surface area contributed by atoms with Gasteiger partial charge in [-0.25, -0.2) is 0 Å². The zero-order valence-electron chi connectivity index (χ0n) is 24.6. The number of hydrogen-bond acceptors (Lipinski definition) is 5. The minimum Gasteiger partial charge on any atom is -0.508 e. The molecule has 1 unspecified atom stereocenters. The Kier molecular flexibility index (Phi) is 14.6. The first-order valence-corrected chi connectivity index (χ1v) is 14.6. The highest BCUT2D eigenvalue weighted by molar-refractivity contribution is 5.89. The molecule has 216 valence electrons. The van der Waals surface area contributed by atoms with Gasteiger partial charge in [-0.05, 0) is 80.3 Å². The standard InChI is InChI=1S/C32H50N4O3/c1-6-11-29(31(38)34-20-10-14-26-13-9-8-12-24(26)5)36-32(39)30(23(3)4)35-22-27(33-19-7-2)21-25-15-17-28(37)18-16-25/h8-9,12-13,15-18,23,27,29-30,33,35,37H,6-7,10-11,14,19-22H2,1-5H3,(H,34,38)(H,36,39)/t27?,29-,30-/m0/s1. The van der Waals surface area contributed by atoms with E-state index in [2.05, 4.69) is 47.2 Å². The fraction of sp³-hybridized carbons (Fsp3) is 0.562. The molecule has 2 rings (SSSR count). The Morgan fingerprint density at radius 3 is 2.26 bits per heavy atom. The highest BCUT2D eigenvalue weighted by Crippen LogP contribution is 2.12. The number of rotatable bonds is 18. The van der Waals surface area contributed by atoms with Crippen molar-refractivity contribution in [3.8, 4) is 5.75 Å². The van der Waals surface area contributed by atoms with Gasteiger partial charge in [-0.15, -0.1) is 0 Å². The first-order valence-electron chi connectivity index (χ1n) is 14.6. The number of aryl methyl sites for hydroxylation is 2. The molecule has 7 nitrogen and oxygen atoms in total. The van der Waals surface area contributed by atoms with E-state index in [0.717, 1.165) is 44.2 Å². The largest absolute Gasteiger partial charge is 0.508 e. The number of phenols is 1. The molecule has 7 heteroatoms. The summed E-state index contributed by atoms with van der Waals surface area (Å²) in [7, 11) is 0. The molecule has 0 fully saturated rings. The van der Waals surface area contributed by atoms with Crippen molar-refractivity contribution < 1.29 is 14.7 Å². The van der Waals surface area contributed by atoms with Crippen LogP contribution < -0.4 is 21.3 Å². The minimum atomic E-state index is -0.546. The van der Waals surface area contributed by atoms with Gasteiger partial charge < -0.3 is 26.4 Å². The molecule has 0 aliphatic rings. The van der Waals surface area contributed by atoms with E-state index in [0.29, 0.717) is 19.5 Å². The van der Waals surface area contributed by atoms with Gasteiger partial charge in [0.05, 0.1) is 6.04 Å². The molecule has 2 amide bonds. The Labute approximate surface area is 235 Å². The van der Waals surface area contributed by atoms with E-state index in [1.165, 1.54) is 11.1 Å². The molecule has 3 atom stereocenters. The third-order valence-electron chi connectivity index (χ3n) is 7.03. The lowest BCUT2D eigenvalue weighted by Gasteiger charge is -2.28. The summed E-state index contributed by atoms with van der Waals surface area (Å²) < 4.78 is 0. The molecule has 0 radical (unpaired) electrons. The van der Waals surface area contributed by atoms with Crippen LogP contribution in [0.4, 0.5) is 0 Å². The quantitative estimate of drug-likeness (QED) is 0.183. The fourth-order valence-electron chi connectivity index (χ4n) is 4.71. The van der Waals surface area contributed by atoms with Crippen LogP contribution in [0.3, 0.4) is 0 Å². The van der Waals surface area contributed by atoms with Crippen molar-refractivity contribution in [1.29, 1.82) is 0 Å². The first kappa shape index (κ1) is 32.3. The van der Waals surface area contributed by atoms with Gasteiger partial charge in [-0.1, -0.05) is 70.5 Å². The Balaban J connectivity index is 1.92. The minimum absolute atomic E-state index is 0.0601. The van der Waals surface area contributed by atoms with Crippen molar-refractivity contribution >= 4 is 11.8 Å². The van der Waals surface area contributed by atoms with Crippen LogP contribution in [0.15, 0.2) is 48.5 Å². The molecule has 0 aliphatic heterocycles. The monoisotopic (exact) mass is 538 g/mol. The molecule has 2 aromatic carbocycles. The third kappa shape index (κ3) is 11.8. The molecular weight excluding hydrogens is 488 g/mol. The van der Waals surface area contributed by atoms with Gasteiger partial charge >= 0.3 is 0 Å². The number of carbonyl (C=O) groups is 2. The maximum Gasteiger partial charge on any atom is 0.242 e. The van der Waals surface area contributed by atoms with Crippen LogP contribution in [0.1, 0.15) is 70.1 Å². The van der Waals surface area contributed by atoms with Gasteiger partial charge in [-0.2, -0.15) is 0 Å². The molecule has 0 aromatic heterocycles. The lowest BCUT2D eigenvalue weighted by atomic mass is 10.0. The van der Waals surface area contributed by atoms with Gasteiger partial charge in [0.2, 0.25) is 11.8 Å². The number of aromatic hydroxyl groups is 1. The van der Waals surface area contributed by atoms with Crippen molar-refractivity contribution in [3.05, 3.63) is 65.2 Å². The van der Waals surface area contributed by atoms with Crippen LogP contribution in [0.5, 0.6) is 5.75 Å². The van der Waals surface area contributed by atoms with Crippen molar-refractivity contribution in [2.75, 3.05) is 19.6 Å². The SMILES string of the molecule is CCCNC(CN[C@H](C(=O)N[C@@H](CCC)C(=O)NCCCc1ccccc1C)C(C)C)Cc1ccc(O)cc1. The molecule has 0 aliphatic carbocycles. The second-order valence-electron chi connectivity index (χ2n) is 10.8. The summed E-state index contributed by atoms with van der Waals surface area (Å²) in [5.41, 5.74) is 3.69. The van der Waals surface area contributed by atoms with E-state index >= 15 is 0 Å². The molecule has 39 heavy (non-hydrogen) atoms. The number of carbonyl (C=O) groups excluding carboxylic acids is 2. The average Bonchev–Trinajstić information content (AvgIpc) is 2.91. The van der Waals surface area contributed by atoms with Crippen LogP contribution in [-0.4, -0.2) is 54.7 Å². The van der Waals surface area contributed by atoms with Crippen LogP contribution in [-0.2, 0) is 22.4 Å². The molecule has 5 N–H and O–H groups in total. The molecule has 0 spiro atoms. The first-order chi connectivity index (χ1) is 18.7. The lowest BCUT2D eigenvalue weighted by Crippen LogP contribution is -2.56. The maximum absolute atomic E-state index is 13.3. The molecule has 2 aromatic rings. The Bertz CT molecular complexity index is 993. The molecular formula is C32H50N4O3. The van der Waals surface area contributed by atoms with Crippen LogP contribution in [0.2, 0.25) is 0 Å². The summed E-state index contributed by atoms with van der Waals surface area (Å²) in [6.45, 7) is 12.4. The fourth-order valence-corrected chi connectivity index (χ4v) is 4.71. The molecule has 0 saturated carbocycles. The van der Waals surface area contributed by atoms with Crippen LogP contribution in [0.25, 0.3) is 0 Å². The Morgan fingerprint density at radius 2 is 1.62 bits per heavy atom. The summed E-state index contributed by atoms with van der Waals surface area (Å²) in [6, 6.07) is 14.7. The van der Waals surface area contributed by atoms with E-state index in [9.17, 15) is 14.7 Å². The van der Waals surface area contributed by atoms with Crippen molar-refractivity contribution in [1.82, 2.24) is 21.3 Å². The van der Waals surface area contributed by atoms with E-state index in [-0.39, 0.29) is 29.5 Å². The number of benzene rings is 2. The predicted octanol–water partition coefficient (Wildman–Crippen LogP) is 4.26. The van der Waals surface area contributed by atoms with Gasteiger partial charge in [0.15, 0.2) is 0 Å². The summed E-state index contributed by atoms with van der Waals surface area (Å²) in [6.07, 6.45) is 4.96. The molecule has 0 bridgehead atoms. The number of amides is 2. The topological polar surface area (TPSA) is 102 Å². The smallest absolute Gasteiger partial charge is 0.242 e. The lowest BCUT2D eigenvalue weighted by molar-refractivity contribution is -0.130. The highest BCUT2D eigenvalue weighted by atomic mass is 16.3. The van der Waals surface area contributed by atoms with Crippen molar-refractivity contribution in [2.45, 2.75) is 91.3 Å². The normalized spacial score (nSPS) is 13.6. The summed E-state index contributed by atoms with van der Waals surface area (Å²) >= 11 is 0. The number of nitrogens with one attached hydrogen (secondary N) is 4. The summed E-state index contributed by atoms with van der Waals surface area (Å²) in [5, 5.41) is 22.7. The zero-order valence-corrected chi connectivity index (χ0v) is 24.6. The van der Waals surface area contributed by atoms with Crippen LogP contribution in [0, 0.1) is 12.8 Å². The highest BCUT2D eigenvalue weighted by Gasteiger charge is 2.27.